The number of thioether (sulfide) groups is 1. The Labute approximate surface area is 164 Å². The summed E-state index contributed by atoms with van der Waals surface area (Å²) in [5.41, 5.74) is 1.25. The molecule has 0 radical (unpaired) electrons. The van der Waals surface area contributed by atoms with Crippen molar-refractivity contribution in [2.45, 2.75) is 23.8 Å². The van der Waals surface area contributed by atoms with E-state index >= 15 is 0 Å². The molecule has 3 aromatic rings. The molecule has 28 heavy (non-hydrogen) atoms. The van der Waals surface area contributed by atoms with Gasteiger partial charge in [0.15, 0.2) is 0 Å². The molecule has 1 atom stereocenters. The van der Waals surface area contributed by atoms with Crippen molar-refractivity contribution in [1.82, 2.24) is 15.0 Å². The molecule has 1 saturated heterocycles. The second-order valence-electron chi connectivity index (χ2n) is 6.64. The topological polar surface area (TPSA) is 59.2 Å². The van der Waals surface area contributed by atoms with E-state index in [-0.39, 0.29) is 24.8 Å². The van der Waals surface area contributed by atoms with Gasteiger partial charge < -0.3 is 9.42 Å². The van der Waals surface area contributed by atoms with Gasteiger partial charge in [0, 0.05) is 36.0 Å². The van der Waals surface area contributed by atoms with Crippen LogP contribution in [0.25, 0.3) is 11.4 Å². The predicted molar refractivity (Wildman–Crippen MR) is 101 cm³/mol. The maximum atomic E-state index is 13.4. The largest absolute Gasteiger partial charge is 0.339 e. The number of halogens is 2. The molecule has 8 heteroatoms. The number of hydrogen-bond donors (Lipinski definition) is 0. The lowest BCUT2D eigenvalue weighted by atomic mass is 10.1. The van der Waals surface area contributed by atoms with E-state index in [4.69, 9.17) is 4.52 Å². The van der Waals surface area contributed by atoms with Gasteiger partial charge in [0.2, 0.25) is 17.6 Å². The van der Waals surface area contributed by atoms with E-state index in [1.54, 1.807) is 16.7 Å². The molecule has 1 aromatic heterocycles. The van der Waals surface area contributed by atoms with E-state index in [0.717, 1.165) is 16.5 Å². The van der Waals surface area contributed by atoms with Crippen molar-refractivity contribution >= 4 is 17.7 Å². The second-order valence-corrected chi connectivity index (χ2v) is 7.52. The molecule has 1 aliphatic heterocycles. The highest BCUT2D eigenvalue weighted by molar-refractivity contribution is 7.98. The quantitative estimate of drug-likeness (QED) is 0.598. The molecule has 5 nitrogen and oxygen atoms in total. The Hall–Kier alpha value is -2.74. The van der Waals surface area contributed by atoms with Gasteiger partial charge in [-0.3, -0.25) is 4.79 Å². The van der Waals surface area contributed by atoms with Crippen molar-refractivity contribution in [3.8, 4) is 11.4 Å². The number of carbonyl (C=O) groups excluding carboxylic acids is 1. The Morgan fingerprint density at radius 2 is 1.89 bits per heavy atom. The van der Waals surface area contributed by atoms with Crippen LogP contribution in [-0.4, -0.2) is 33.7 Å². The first-order valence-electron chi connectivity index (χ1n) is 8.72. The van der Waals surface area contributed by atoms with Crippen LogP contribution in [0.3, 0.4) is 0 Å². The highest BCUT2D eigenvalue weighted by atomic mass is 32.2. The third-order valence-electron chi connectivity index (χ3n) is 4.65. The van der Waals surface area contributed by atoms with Gasteiger partial charge in [-0.25, -0.2) is 8.78 Å². The molecule has 1 fully saturated rings. The molecule has 1 aliphatic rings. The summed E-state index contributed by atoms with van der Waals surface area (Å²) in [6.07, 6.45) is 2.23. The molecule has 2 aromatic carbocycles. The van der Waals surface area contributed by atoms with E-state index in [2.05, 4.69) is 10.1 Å². The molecule has 0 saturated carbocycles. The van der Waals surface area contributed by atoms with Crippen LogP contribution >= 0.6 is 11.8 Å². The van der Waals surface area contributed by atoms with Crippen LogP contribution in [0.4, 0.5) is 8.78 Å². The Morgan fingerprint density at radius 1 is 1.18 bits per heavy atom. The minimum atomic E-state index is -0.660. The van der Waals surface area contributed by atoms with Crippen molar-refractivity contribution in [2.24, 2.45) is 0 Å². The molecule has 0 aliphatic carbocycles. The van der Waals surface area contributed by atoms with Crippen molar-refractivity contribution in [3.63, 3.8) is 0 Å². The summed E-state index contributed by atoms with van der Waals surface area (Å²) in [5, 5.41) is 4.02. The van der Waals surface area contributed by atoms with Gasteiger partial charge >= 0.3 is 0 Å². The van der Waals surface area contributed by atoms with Crippen LogP contribution in [0.1, 0.15) is 23.8 Å². The van der Waals surface area contributed by atoms with E-state index < -0.39 is 11.6 Å². The van der Waals surface area contributed by atoms with Gasteiger partial charge in [-0.05, 0) is 48.2 Å². The fourth-order valence-corrected chi connectivity index (χ4v) is 3.68. The molecule has 4 rings (SSSR count). The van der Waals surface area contributed by atoms with Gasteiger partial charge in [-0.2, -0.15) is 4.98 Å². The molecule has 0 spiro atoms. The number of nitrogens with zero attached hydrogens (tertiary/aromatic N) is 3. The molecule has 1 amide bonds. The number of amides is 1. The predicted octanol–water partition coefficient (Wildman–Crippen LogP) is 4.25. The molecule has 144 valence electrons. The Bertz CT molecular complexity index is 987. The van der Waals surface area contributed by atoms with Crippen LogP contribution in [-0.2, 0) is 11.3 Å². The summed E-state index contributed by atoms with van der Waals surface area (Å²) in [6.45, 7) is 0.505. The highest BCUT2D eigenvalue weighted by Gasteiger charge is 2.34. The third kappa shape index (κ3) is 3.91. The monoisotopic (exact) mass is 401 g/mol. The highest BCUT2D eigenvalue weighted by Crippen LogP contribution is 2.30. The summed E-state index contributed by atoms with van der Waals surface area (Å²) in [4.78, 5) is 19.5. The average molecular weight is 401 g/mol. The fourth-order valence-electron chi connectivity index (χ4n) is 3.27. The summed E-state index contributed by atoms with van der Waals surface area (Å²) in [7, 11) is 0. The van der Waals surface area contributed by atoms with Crippen molar-refractivity contribution < 1.29 is 18.1 Å². The second kappa shape index (κ2) is 7.71. The summed E-state index contributed by atoms with van der Waals surface area (Å²) in [5.74, 6) is -0.804. The lowest BCUT2D eigenvalue weighted by Crippen LogP contribution is -2.24. The first kappa shape index (κ1) is 18.6. The zero-order valence-electron chi connectivity index (χ0n) is 15.1. The van der Waals surface area contributed by atoms with Crippen LogP contribution in [0, 0.1) is 11.6 Å². The molecular weight excluding hydrogens is 384 g/mol. The molecule has 0 bridgehead atoms. The van der Waals surface area contributed by atoms with Crippen LogP contribution < -0.4 is 0 Å². The van der Waals surface area contributed by atoms with Crippen molar-refractivity contribution in [2.75, 3.05) is 12.8 Å². The zero-order chi connectivity index (χ0) is 19.7. The minimum Gasteiger partial charge on any atom is -0.339 e. The number of aromatic nitrogens is 2. The molecular formula is C20H17F2N3O2S. The minimum absolute atomic E-state index is 0.112. The Kier molecular flexibility index (Phi) is 5.13. The SMILES string of the molecule is CSc1ccc(-c2noc(C3CC(=O)N(Cc4cc(F)cc(F)c4)C3)n2)cc1. The van der Waals surface area contributed by atoms with Crippen molar-refractivity contribution in [1.29, 1.82) is 0 Å². The molecule has 1 unspecified atom stereocenters. The first-order chi connectivity index (χ1) is 13.5. The van der Waals surface area contributed by atoms with Crippen molar-refractivity contribution in [3.05, 3.63) is 65.6 Å². The number of benzene rings is 2. The van der Waals surface area contributed by atoms with E-state index in [1.165, 1.54) is 12.1 Å². The lowest BCUT2D eigenvalue weighted by Gasteiger charge is -2.16. The van der Waals surface area contributed by atoms with E-state index in [1.807, 2.05) is 30.5 Å². The smallest absolute Gasteiger partial charge is 0.232 e. The average Bonchev–Trinajstić information content (AvgIpc) is 3.28. The maximum absolute atomic E-state index is 13.4. The molecule has 0 N–H and O–H groups in total. The van der Waals surface area contributed by atoms with Gasteiger partial charge in [0.25, 0.3) is 0 Å². The van der Waals surface area contributed by atoms with Gasteiger partial charge in [-0.15, -0.1) is 11.8 Å². The summed E-state index contributed by atoms with van der Waals surface area (Å²) >= 11 is 1.65. The third-order valence-corrected chi connectivity index (χ3v) is 5.39. The van der Waals surface area contributed by atoms with Gasteiger partial charge in [0.1, 0.15) is 11.6 Å². The fraction of sp³-hybridized carbons (Fsp3) is 0.250. The number of carbonyl (C=O) groups is 1. The Balaban J connectivity index is 1.47. The van der Waals surface area contributed by atoms with Gasteiger partial charge in [0.05, 0.1) is 5.92 Å². The summed E-state index contributed by atoms with van der Waals surface area (Å²) < 4.78 is 32.1. The maximum Gasteiger partial charge on any atom is 0.232 e. The number of likely N-dealkylation sites (tertiary alicyclic amines) is 1. The number of rotatable bonds is 5. The number of hydrogen-bond acceptors (Lipinski definition) is 5. The standard InChI is InChI=1S/C20H17F2N3O2S/c1-28-17-4-2-13(3-5-17)19-23-20(27-24-19)14-8-18(26)25(11-14)10-12-6-15(21)9-16(22)7-12/h2-7,9,14H,8,10-11H2,1H3. The van der Waals surface area contributed by atoms with Crippen LogP contribution in [0.5, 0.6) is 0 Å². The van der Waals surface area contributed by atoms with E-state index in [0.29, 0.717) is 23.8 Å². The van der Waals surface area contributed by atoms with E-state index in [9.17, 15) is 13.6 Å². The first-order valence-corrected chi connectivity index (χ1v) is 9.95. The molecule has 2 heterocycles. The van der Waals surface area contributed by atoms with Gasteiger partial charge in [-0.1, -0.05) is 5.16 Å². The van der Waals surface area contributed by atoms with Crippen LogP contribution in [0.2, 0.25) is 0 Å². The van der Waals surface area contributed by atoms with Crippen LogP contribution in [0.15, 0.2) is 51.9 Å². The normalized spacial score (nSPS) is 16.8. The Morgan fingerprint density at radius 3 is 2.57 bits per heavy atom. The summed E-state index contributed by atoms with van der Waals surface area (Å²) in [6, 6.07) is 11.1. The lowest BCUT2D eigenvalue weighted by molar-refractivity contribution is -0.128. The zero-order valence-corrected chi connectivity index (χ0v) is 15.9.